The summed E-state index contributed by atoms with van der Waals surface area (Å²) in [6, 6.07) is 78.9. The standard InChI is InChI=1S/C78H55B2F2N5O/c1-44-31-33-48(5)77-71(44)55-25-17-19-46(3)75(55)85(77)53-38-66-73-67(39-53)87(63-36-35-50(81)37-61(63)82)62-29-15-13-27-57(62)79(73)59-42-60-65(43-64(59)83(66)51-21-9-7-10-22-51)84(52-23-11-8-12-24-52)68-40-54(41-70-74(68)80(60)58-28-14-16-30-69(58)88-70)86-76-47(4)20-18-26-56(76)72-45(2)32-34-49(6)78(72)86/h7-43H,1-6H3. The Morgan fingerprint density at radius 1 is 0.307 bits per heavy atom. The van der Waals surface area contributed by atoms with Crippen LogP contribution in [-0.2, 0) is 0 Å². The first-order valence-corrected chi connectivity index (χ1v) is 30.4. The number of ether oxygens (including phenoxy) is 1. The summed E-state index contributed by atoms with van der Waals surface area (Å²) >= 11 is 0. The van der Waals surface area contributed by atoms with E-state index in [-0.39, 0.29) is 19.1 Å². The van der Waals surface area contributed by atoms with Gasteiger partial charge in [0.05, 0.1) is 39.1 Å². The largest absolute Gasteiger partial charge is 0.458 e. The van der Waals surface area contributed by atoms with Crippen molar-refractivity contribution in [1.29, 1.82) is 0 Å². The normalized spacial score (nSPS) is 13.4. The number of anilines is 9. The van der Waals surface area contributed by atoms with Crippen molar-refractivity contribution in [1.82, 2.24) is 9.13 Å². The predicted octanol–water partition coefficient (Wildman–Crippen LogP) is 16.5. The minimum atomic E-state index is -0.646. The van der Waals surface area contributed by atoms with Gasteiger partial charge in [0.1, 0.15) is 23.1 Å². The summed E-state index contributed by atoms with van der Waals surface area (Å²) in [5.41, 5.74) is 28.1. The van der Waals surface area contributed by atoms with E-state index < -0.39 is 11.6 Å². The maximum atomic E-state index is 17.1. The molecule has 12 aromatic carbocycles. The molecule has 0 aliphatic carbocycles. The third kappa shape index (κ3) is 6.88. The Morgan fingerprint density at radius 3 is 1.39 bits per heavy atom. The zero-order valence-corrected chi connectivity index (χ0v) is 49.4. The Kier molecular flexibility index (Phi) is 10.6. The summed E-state index contributed by atoms with van der Waals surface area (Å²) in [7, 11) is 0. The average Bonchev–Trinajstić information content (AvgIpc) is 0.855. The molecule has 0 radical (unpaired) electrons. The van der Waals surface area contributed by atoms with Crippen molar-refractivity contribution in [2.75, 3.05) is 14.7 Å². The second kappa shape index (κ2) is 18.5. The molecule has 14 aromatic rings. The maximum Gasteiger partial charge on any atom is 0.256 e. The molecule has 2 aromatic heterocycles. The van der Waals surface area contributed by atoms with Gasteiger partial charge >= 0.3 is 0 Å². The molecule has 6 heterocycles. The van der Waals surface area contributed by atoms with Crippen molar-refractivity contribution >= 4 is 141 Å². The van der Waals surface area contributed by atoms with Crippen molar-refractivity contribution in [2.24, 2.45) is 0 Å². The van der Waals surface area contributed by atoms with Gasteiger partial charge in [-0.1, -0.05) is 140 Å². The first-order chi connectivity index (χ1) is 43.0. The SMILES string of the molecule is Cc1ccc(C)c2c1c1cccc(C)c1n2-c1cc2c3c(c1)N(c1ccccc1)c1cc4c(cc1B3c1ccccc1O2)B1c2ccccc2N(c2ccc(F)cc2F)c2cc(-n3c5c(C)cccc5c5c(C)ccc(C)c53)cc(c21)N4c1ccccc1. The van der Waals surface area contributed by atoms with Crippen LogP contribution >= 0.6 is 0 Å². The van der Waals surface area contributed by atoms with Crippen LogP contribution in [0.2, 0.25) is 0 Å². The summed E-state index contributed by atoms with van der Waals surface area (Å²) in [5.74, 6) is 0.355. The Balaban J connectivity index is 0.977. The lowest BCUT2D eigenvalue weighted by atomic mass is 9.30. The third-order valence-electron chi connectivity index (χ3n) is 19.5. The molecular weight excluding hydrogens is 1080 g/mol. The molecule has 0 spiro atoms. The quantitative estimate of drug-likeness (QED) is 0.161. The van der Waals surface area contributed by atoms with Gasteiger partial charge in [0.2, 0.25) is 0 Å². The summed E-state index contributed by atoms with van der Waals surface area (Å²) in [6.07, 6.45) is 0. The van der Waals surface area contributed by atoms with Crippen LogP contribution in [-0.4, -0.2) is 22.6 Å². The summed E-state index contributed by atoms with van der Waals surface area (Å²) in [4.78, 5) is 6.97. The highest BCUT2D eigenvalue weighted by molar-refractivity contribution is 7.02. The van der Waals surface area contributed by atoms with E-state index in [0.717, 1.165) is 129 Å². The molecule has 4 aliphatic heterocycles. The number of aromatic nitrogens is 2. The highest BCUT2D eigenvalue weighted by Gasteiger charge is 2.48. The monoisotopic (exact) mass is 1140 g/mol. The van der Waals surface area contributed by atoms with Crippen LogP contribution in [0, 0.1) is 53.2 Å². The van der Waals surface area contributed by atoms with E-state index in [1.165, 1.54) is 60.9 Å². The molecule has 0 bridgehead atoms. The number of para-hydroxylation sites is 6. The molecule has 0 saturated heterocycles. The van der Waals surface area contributed by atoms with Gasteiger partial charge in [0, 0.05) is 79.2 Å². The van der Waals surface area contributed by atoms with Gasteiger partial charge in [-0.15, -0.1) is 0 Å². The van der Waals surface area contributed by atoms with Crippen LogP contribution in [0.3, 0.4) is 0 Å². The van der Waals surface area contributed by atoms with Gasteiger partial charge < -0.3 is 28.6 Å². The lowest BCUT2D eigenvalue weighted by molar-refractivity contribution is 0.487. The van der Waals surface area contributed by atoms with Crippen LogP contribution in [0.5, 0.6) is 11.5 Å². The van der Waals surface area contributed by atoms with E-state index >= 15 is 8.78 Å². The fourth-order valence-corrected chi connectivity index (χ4v) is 15.9. The highest BCUT2D eigenvalue weighted by Crippen LogP contribution is 2.51. The first kappa shape index (κ1) is 50.7. The van der Waals surface area contributed by atoms with Crippen LogP contribution in [0.1, 0.15) is 33.4 Å². The van der Waals surface area contributed by atoms with Gasteiger partial charge in [-0.3, -0.25) is 0 Å². The van der Waals surface area contributed by atoms with Crippen molar-refractivity contribution < 1.29 is 13.5 Å². The molecule has 10 heteroatoms. The number of halogens is 2. The molecule has 6 nitrogen and oxygen atoms in total. The van der Waals surface area contributed by atoms with E-state index in [0.29, 0.717) is 0 Å². The van der Waals surface area contributed by atoms with E-state index in [1.807, 2.05) is 11.0 Å². The molecule has 0 unspecified atom stereocenters. The van der Waals surface area contributed by atoms with Crippen LogP contribution < -0.4 is 52.2 Å². The smallest absolute Gasteiger partial charge is 0.256 e. The fourth-order valence-electron chi connectivity index (χ4n) is 15.9. The number of nitrogens with zero attached hydrogens (tertiary/aromatic N) is 5. The van der Waals surface area contributed by atoms with Gasteiger partial charge in [-0.2, -0.15) is 0 Å². The van der Waals surface area contributed by atoms with Gasteiger partial charge in [0.25, 0.3) is 13.4 Å². The molecule has 18 rings (SSSR count). The fraction of sp³-hybridized carbons (Fsp3) is 0.0769. The lowest BCUT2D eigenvalue weighted by Gasteiger charge is -2.46. The van der Waals surface area contributed by atoms with E-state index in [4.69, 9.17) is 4.74 Å². The maximum absolute atomic E-state index is 17.1. The van der Waals surface area contributed by atoms with Crippen LogP contribution in [0.25, 0.3) is 55.0 Å². The van der Waals surface area contributed by atoms with Crippen LogP contribution in [0.15, 0.2) is 224 Å². The van der Waals surface area contributed by atoms with E-state index in [2.05, 4.69) is 261 Å². The number of hydrogen-bond donors (Lipinski definition) is 0. The number of hydrogen-bond acceptors (Lipinski definition) is 4. The predicted molar refractivity (Wildman–Crippen MR) is 363 cm³/mol. The lowest BCUT2D eigenvalue weighted by Crippen LogP contribution is -2.64. The Morgan fingerprint density at radius 2 is 0.795 bits per heavy atom. The van der Waals surface area contributed by atoms with Crippen molar-refractivity contribution in [3.63, 3.8) is 0 Å². The summed E-state index contributed by atoms with van der Waals surface area (Å²) < 4.78 is 44.6. The number of rotatable bonds is 5. The molecule has 0 N–H and O–H groups in total. The molecule has 4 aliphatic rings. The van der Waals surface area contributed by atoms with Crippen LogP contribution in [0.4, 0.5) is 60.0 Å². The van der Waals surface area contributed by atoms with Gasteiger partial charge in [-0.05, 0) is 180 Å². The molecular formula is C78H55B2F2N5O. The zero-order valence-electron chi connectivity index (χ0n) is 49.4. The first-order valence-electron chi connectivity index (χ1n) is 30.4. The van der Waals surface area contributed by atoms with Crippen molar-refractivity contribution in [3.8, 4) is 22.9 Å². The highest BCUT2D eigenvalue weighted by atomic mass is 19.1. The minimum absolute atomic E-state index is 0.240. The molecule has 0 atom stereocenters. The third-order valence-corrected chi connectivity index (χ3v) is 19.5. The summed E-state index contributed by atoms with van der Waals surface area (Å²) in [5, 5.41) is 4.86. The molecule has 0 fully saturated rings. The molecule has 88 heavy (non-hydrogen) atoms. The Bertz CT molecular complexity index is 5400. The Hall–Kier alpha value is -10.6. The topological polar surface area (TPSA) is 28.8 Å². The van der Waals surface area contributed by atoms with E-state index in [9.17, 15) is 0 Å². The van der Waals surface area contributed by atoms with Crippen molar-refractivity contribution in [3.05, 3.63) is 269 Å². The Labute approximate surface area is 509 Å². The zero-order chi connectivity index (χ0) is 59.1. The average molecular weight is 1140 g/mol. The van der Waals surface area contributed by atoms with Gasteiger partial charge in [-0.25, -0.2) is 8.78 Å². The van der Waals surface area contributed by atoms with E-state index in [1.54, 1.807) is 6.07 Å². The molecule has 418 valence electrons. The summed E-state index contributed by atoms with van der Waals surface area (Å²) in [6.45, 7) is 12.7. The number of fused-ring (bicyclic) bond motifs is 14. The van der Waals surface area contributed by atoms with Gasteiger partial charge in [0.15, 0.2) is 0 Å². The minimum Gasteiger partial charge on any atom is -0.458 e. The number of aryl methyl sites for hydroxylation is 6. The number of benzene rings is 12. The second-order valence-corrected chi connectivity index (χ2v) is 24.5. The molecule has 0 amide bonds. The van der Waals surface area contributed by atoms with Crippen molar-refractivity contribution in [2.45, 2.75) is 41.5 Å². The molecule has 0 saturated carbocycles. The second-order valence-electron chi connectivity index (χ2n) is 24.5.